The van der Waals surface area contributed by atoms with E-state index in [0.717, 1.165) is 139 Å². The summed E-state index contributed by atoms with van der Waals surface area (Å²) in [6.45, 7) is 0. The third-order valence-electron chi connectivity index (χ3n) is 19.2. The van der Waals surface area contributed by atoms with Gasteiger partial charge in [-0.1, -0.05) is 218 Å². The Kier molecular flexibility index (Phi) is 14.3. The average molecular weight is 1290 g/mol. The molecule has 11 nitrogen and oxygen atoms in total. The minimum Gasteiger partial charge on any atom is -0.311 e. The van der Waals surface area contributed by atoms with E-state index in [4.69, 9.17) is 29.9 Å². The third kappa shape index (κ3) is 9.89. The van der Waals surface area contributed by atoms with Gasteiger partial charge in [0.15, 0.2) is 11.6 Å². The molecule has 0 radical (unpaired) electrons. The van der Waals surface area contributed by atoms with Crippen LogP contribution in [0.5, 0.6) is 0 Å². The second-order valence-electron chi connectivity index (χ2n) is 25.0. The normalized spacial score (nSPS) is 11.6. The Morgan fingerprint density at radius 3 is 1.07 bits per heavy atom. The van der Waals surface area contributed by atoms with E-state index in [1.54, 1.807) is 0 Å². The number of hydrogen-bond acceptors (Lipinski definition) is 7. The van der Waals surface area contributed by atoms with Gasteiger partial charge in [-0.05, 0) is 121 Å². The number of rotatable bonds is 11. The minimum atomic E-state index is 0.563. The van der Waals surface area contributed by atoms with Gasteiger partial charge in [-0.25, -0.2) is 9.97 Å². The molecule has 101 heavy (non-hydrogen) atoms. The fourth-order valence-corrected chi connectivity index (χ4v) is 15.0. The topological polar surface area (TPSA) is 100 Å². The van der Waals surface area contributed by atoms with Crippen molar-refractivity contribution in [2.45, 2.75) is 0 Å². The van der Waals surface area contributed by atoms with Crippen molar-refractivity contribution in [1.29, 1.82) is 0 Å². The first kappa shape index (κ1) is 58.5. The van der Waals surface area contributed by atoms with Crippen LogP contribution >= 0.6 is 0 Å². The molecule has 0 bridgehead atoms. The van der Waals surface area contributed by atoms with Crippen LogP contribution in [0.4, 0.5) is 17.1 Å². The first-order chi connectivity index (χ1) is 50.2. The number of aromatic nitrogens is 10. The zero-order valence-corrected chi connectivity index (χ0v) is 54.5. The quantitative estimate of drug-likeness (QED) is 0.127. The third-order valence-corrected chi connectivity index (χ3v) is 19.2. The highest BCUT2D eigenvalue weighted by Crippen LogP contribution is 2.46. The number of anilines is 3. The van der Waals surface area contributed by atoms with Crippen LogP contribution in [0.15, 0.2) is 358 Å². The summed E-state index contributed by atoms with van der Waals surface area (Å²) in [6, 6.07) is 118. The first-order valence-electron chi connectivity index (χ1n) is 33.8. The lowest BCUT2D eigenvalue weighted by Crippen LogP contribution is -2.09. The Balaban J connectivity index is 0.000000140. The van der Waals surface area contributed by atoms with Gasteiger partial charge in [-0.15, -0.1) is 0 Å². The van der Waals surface area contributed by atoms with Crippen molar-refractivity contribution in [3.05, 3.63) is 358 Å². The smallest absolute Gasteiger partial charge is 0.238 e. The summed E-state index contributed by atoms with van der Waals surface area (Å²) < 4.78 is 9.13. The van der Waals surface area contributed by atoms with E-state index < -0.39 is 0 Å². The van der Waals surface area contributed by atoms with E-state index in [1.165, 1.54) is 16.2 Å². The second-order valence-corrected chi connectivity index (χ2v) is 25.0. The van der Waals surface area contributed by atoms with E-state index in [1.807, 2.05) is 91.4 Å². The van der Waals surface area contributed by atoms with Crippen molar-refractivity contribution in [2.75, 3.05) is 4.90 Å². The van der Waals surface area contributed by atoms with Crippen molar-refractivity contribution in [1.82, 2.24) is 48.2 Å². The first-order valence-corrected chi connectivity index (χ1v) is 33.8. The Morgan fingerprint density at radius 2 is 0.594 bits per heavy atom. The van der Waals surface area contributed by atoms with Gasteiger partial charge in [0, 0.05) is 112 Å². The maximum Gasteiger partial charge on any atom is 0.238 e. The largest absolute Gasteiger partial charge is 0.311 e. The maximum atomic E-state index is 5.13. The molecule has 0 aliphatic rings. The zero-order valence-electron chi connectivity index (χ0n) is 54.5. The van der Waals surface area contributed by atoms with Gasteiger partial charge in [0.1, 0.15) is 5.82 Å². The fraction of sp³-hybridized carbons (Fsp3) is 0. The lowest BCUT2D eigenvalue weighted by Gasteiger charge is -2.25. The Labute approximate surface area is 580 Å². The number of para-hydroxylation sites is 7. The van der Waals surface area contributed by atoms with E-state index >= 15 is 0 Å². The lowest BCUT2D eigenvalue weighted by atomic mass is 10.00. The van der Waals surface area contributed by atoms with Crippen LogP contribution in [0, 0.1) is 0 Å². The zero-order chi connectivity index (χ0) is 66.7. The molecule has 11 heteroatoms. The fourth-order valence-electron chi connectivity index (χ4n) is 15.0. The summed E-state index contributed by atoms with van der Waals surface area (Å²) in [5.41, 5.74) is 20.2. The Bertz CT molecular complexity index is 6390. The Hall–Kier alpha value is -13.9. The molecule has 0 unspecified atom stereocenters. The lowest BCUT2D eigenvalue weighted by molar-refractivity contribution is 0.953. The summed E-state index contributed by atoms with van der Waals surface area (Å²) >= 11 is 0. The van der Waals surface area contributed by atoms with Crippen molar-refractivity contribution >= 4 is 104 Å². The van der Waals surface area contributed by atoms with Gasteiger partial charge in [-0.3, -0.25) is 19.1 Å². The molecule has 20 aromatic rings. The van der Waals surface area contributed by atoms with Gasteiger partial charge < -0.3 is 14.0 Å². The van der Waals surface area contributed by atoms with E-state index in [-0.39, 0.29) is 0 Å². The molecule has 0 fully saturated rings. The minimum absolute atomic E-state index is 0.563. The van der Waals surface area contributed by atoms with Crippen LogP contribution in [0.25, 0.3) is 156 Å². The molecule has 8 aromatic heterocycles. The van der Waals surface area contributed by atoms with Gasteiger partial charge in [0.2, 0.25) is 5.95 Å². The number of hydrogen-bond donors (Lipinski definition) is 0. The van der Waals surface area contributed by atoms with Gasteiger partial charge in [0.05, 0.1) is 55.5 Å². The average Bonchev–Trinajstić information content (AvgIpc) is 1.57. The Morgan fingerprint density at radius 1 is 0.228 bits per heavy atom. The molecule has 12 aromatic carbocycles. The maximum absolute atomic E-state index is 5.13. The number of benzene rings is 12. The molecular formula is C90H59N11. The highest BCUT2D eigenvalue weighted by molar-refractivity contribution is 6.23. The van der Waals surface area contributed by atoms with E-state index in [0.29, 0.717) is 17.6 Å². The number of pyridine rings is 3. The van der Waals surface area contributed by atoms with Crippen LogP contribution < -0.4 is 4.90 Å². The molecule has 0 spiro atoms. The van der Waals surface area contributed by atoms with E-state index in [9.17, 15) is 0 Å². The van der Waals surface area contributed by atoms with Gasteiger partial charge in [0.25, 0.3) is 0 Å². The summed E-state index contributed by atoms with van der Waals surface area (Å²) in [5, 5.41) is 9.13. The van der Waals surface area contributed by atoms with E-state index in [2.05, 4.69) is 290 Å². The van der Waals surface area contributed by atoms with Crippen molar-refractivity contribution < 1.29 is 0 Å². The molecule has 0 saturated carbocycles. The van der Waals surface area contributed by atoms with Crippen molar-refractivity contribution in [3.63, 3.8) is 0 Å². The second kappa shape index (κ2) is 24.6. The summed E-state index contributed by atoms with van der Waals surface area (Å²) in [7, 11) is 0. The highest BCUT2D eigenvalue weighted by atomic mass is 15.2. The van der Waals surface area contributed by atoms with Crippen molar-refractivity contribution in [2.24, 2.45) is 0 Å². The van der Waals surface area contributed by atoms with Crippen LogP contribution in [-0.2, 0) is 0 Å². The van der Waals surface area contributed by atoms with Crippen LogP contribution in [0.3, 0.4) is 0 Å². The summed E-state index contributed by atoms with van der Waals surface area (Å²) in [4.78, 5) is 32.5. The number of nitrogens with zero attached hydrogens (tertiary/aromatic N) is 11. The molecule has 20 rings (SSSR count). The molecule has 0 N–H and O–H groups in total. The molecule has 474 valence electrons. The summed E-state index contributed by atoms with van der Waals surface area (Å²) in [5.74, 6) is 2.70. The molecule has 0 aliphatic heterocycles. The molecule has 0 amide bonds. The predicted octanol–water partition coefficient (Wildman–Crippen LogP) is 22.3. The molecule has 0 saturated heterocycles. The van der Waals surface area contributed by atoms with Gasteiger partial charge >= 0.3 is 0 Å². The molecule has 8 heterocycles. The van der Waals surface area contributed by atoms with Crippen LogP contribution in [0.2, 0.25) is 0 Å². The van der Waals surface area contributed by atoms with Crippen LogP contribution in [0.1, 0.15) is 0 Å². The SMILES string of the molecule is c1ccc(-c2nc(-c3ccccc3)nc(-n3c4ccccc4c4c(-c5nccc6c5c5ccccc5n6-c5ccccc5)cccc43)n2)cc1.c1ccc(N(c2ccccc2)c2ccc(-n3c4ccccc4c4c(-c5cccc6c5c5ccccc5n6-c5ccccn5)nccc43)cc2)cc1. The molecule has 0 atom stereocenters. The van der Waals surface area contributed by atoms with Crippen molar-refractivity contribution in [3.8, 4) is 68.4 Å². The molecule has 0 aliphatic carbocycles. The highest BCUT2D eigenvalue weighted by Gasteiger charge is 2.26. The predicted molar refractivity (Wildman–Crippen MR) is 413 cm³/mol. The standard InChI is InChI=1S/C46H31N5.C44H28N6/c1-3-14-32(15-4-1)49(33-16-5-2-6-17-33)34-25-27-35(28-26-34)50-39-21-9-8-19-37(39)45-42(50)29-31-48-46(45)38-20-13-23-41-44(38)36-18-7-10-22-40(36)51(41)43-24-11-12-30-47-43;1-4-15-29(16-5-1)42-46-43(30-17-6-2-7-18-30)48-44(47-42)50-36-25-13-10-21-32(36)39-34(23-14-26-37(39)50)41-40-33-22-11-12-24-35(33)49(38(40)27-28-45-41)31-19-8-3-9-20-31/h1-31H;1-28H. The van der Waals surface area contributed by atoms with Gasteiger partial charge in [-0.2, -0.15) is 9.97 Å². The molecular weight excluding hydrogens is 1240 g/mol. The monoisotopic (exact) mass is 1290 g/mol. The summed E-state index contributed by atoms with van der Waals surface area (Å²) in [6.07, 6.45) is 5.73. The van der Waals surface area contributed by atoms with Crippen LogP contribution in [-0.4, -0.2) is 48.2 Å². The number of fused-ring (bicyclic) bond motifs is 12.